The lowest BCUT2D eigenvalue weighted by Gasteiger charge is -2.19. The Hall–Kier alpha value is -2.02. The van der Waals surface area contributed by atoms with Crippen LogP contribution in [0.3, 0.4) is 0 Å². The highest BCUT2D eigenvalue weighted by Gasteiger charge is 2.29. The maximum atomic E-state index is 12.5. The van der Waals surface area contributed by atoms with Gasteiger partial charge in [0.25, 0.3) is 0 Å². The number of nitrogen functional groups attached to an aromatic ring is 1. The van der Waals surface area contributed by atoms with E-state index >= 15 is 0 Å². The van der Waals surface area contributed by atoms with Crippen molar-refractivity contribution in [2.24, 2.45) is 0 Å². The molecule has 0 atom stereocenters. The summed E-state index contributed by atoms with van der Waals surface area (Å²) in [6.07, 6.45) is -3.06. The Balaban J connectivity index is 2.16. The normalized spacial score (nSPS) is 11.5. The molecule has 112 valence electrons. The van der Waals surface area contributed by atoms with Crippen LogP contribution < -0.4 is 10.6 Å². The van der Waals surface area contributed by atoms with Crippen molar-refractivity contribution in [3.8, 4) is 0 Å². The molecular weight excluding hydrogens is 305 g/mol. The number of benzene rings is 1. The fourth-order valence-corrected chi connectivity index (χ4v) is 2.03. The van der Waals surface area contributed by atoms with Gasteiger partial charge in [-0.15, -0.1) is 0 Å². The van der Waals surface area contributed by atoms with Gasteiger partial charge >= 0.3 is 6.18 Å². The Morgan fingerprint density at radius 3 is 2.38 bits per heavy atom. The molecule has 0 bridgehead atoms. The molecule has 2 rings (SSSR count). The lowest BCUT2D eigenvalue weighted by atomic mass is 10.1. The molecule has 0 amide bonds. The zero-order valence-corrected chi connectivity index (χ0v) is 11.8. The van der Waals surface area contributed by atoms with E-state index in [1.807, 2.05) is 0 Å². The van der Waals surface area contributed by atoms with Gasteiger partial charge in [0.1, 0.15) is 17.2 Å². The first-order valence-corrected chi connectivity index (χ1v) is 6.30. The number of nitrogens with zero attached hydrogens (tertiary/aromatic N) is 3. The van der Waals surface area contributed by atoms with Gasteiger partial charge in [-0.1, -0.05) is 23.7 Å². The monoisotopic (exact) mass is 316 g/mol. The molecule has 21 heavy (non-hydrogen) atoms. The number of hydrogen-bond donors (Lipinski definition) is 1. The molecule has 4 nitrogen and oxygen atoms in total. The Morgan fingerprint density at radius 2 is 1.81 bits per heavy atom. The second-order valence-electron chi connectivity index (χ2n) is 4.45. The highest BCUT2D eigenvalue weighted by Crippen LogP contribution is 2.30. The van der Waals surface area contributed by atoms with Gasteiger partial charge in [0.15, 0.2) is 5.82 Å². The van der Waals surface area contributed by atoms with Gasteiger partial charge in [-0.25, -0.2) is 9.97 Å². The van der Waals surface area contributed by atoms with E-state index in [-0.39, 0.29) is 10.8 Å². The summed E-state index contributed by atoms with van der Waals surface area (Å²) in [6, 6.07) is 4.91. The summed E-state index contributed by atoms with van der Waals surface area (Å²) in [6.45, 7) is 0.342. The van der Waals surface area contributed by atoms with Crippen molar-refractivity contribution in [3.05, 3.63) is 46.7 Å². The van der Waals surface area contributed by atoms with Crippen LogP contribution in [-0.4, -0.2) is 17.0 Å². The van der Waals surface area contributed by atoms with Gasteiger partial charge < -0.3 is 10.6 Å². The first kappa shape index (κ1) is 15.4. The Morgan fingerprint density at radius 1 is 1.19 bits per heavy atom. The van der Waals surface area contributed by atoms with E-state index in [1.54, 1.807) is 11.9 Å². The van der Waals surface area contributed by atoms with Crippen LogP contribution in [0.1, 0.15) is 11.1 Å². The molecule has 8 heteroatoms. The predicted octanol–water partition coefficient (Wildman–Crippen LogP) is 3.37. The van der Waals surface area contributed by atoms with Crippen molar-refractivity contribution in [2.45, 2.75) is 12.7 Å². The maximum absolute atomic E-state index is 12.5. The van der Waals surface area contributed by atoms with Crippen LogP contribution in [-0.2, 0) is 12.7 Å². The van der Waals surface area contributed by atoms with Crippen LogP contribution in [0.5, 0.6) is 0 Å². The van der Waals surface area contributed by atoms with Gasteiger partial charge in [-0.05, 0) is 17.7 Å². The fourth-order valence-electron chi connectivity index (χ4n) is 1.79. The maximum Gasteiger partial charge on any atom is 0.416 e. The number of rotatable bonds is 3. The standard InChI is InChI=1S/C13H12ClF3N4/c1-21(12-10(14)11(18)19-7-20-12)6-8-2-4-9(5-3-8)13(15,16)17/h2-5,7H,6H2,1H3,(H2,18,19,20). The SMILES string of the molecule is CN(Cc1ccc(C(F)(F)F)cc1)c1ncnc(N)c1Cl. The first-order valence-electron chi connectivity index (χ1n) is 5.92. The fraction of sp³-hybridized carbons (Fsp3) is 0.231. The highest BCUT2D eigenvalue weighted by molar-refractivity contribution is 6.35. The van der Waals surface area contributed by atoms with Crippen molar-refractivity contribution in [2.75, 3.05) is 17.7 Å². The number of halogens is 4. The van der Waals surface area contributed by atoms with Crippen LogP contribution in [0.25, 0.3) is 0 Å². The smallest absolute Gasteiger partial charge is 0.382 e. The minimum Gasteiger partial charge on any atom is -0.382 e. The van der Waals surface area contributed by atoms with Gasteiger partial charge in [0.05, 0.1) is 5.56 Å². The van der Waals surface area contributed by atoms with Crippen molar-refractivity contribution in [3.63, 3.8) is 0 Å². The third kappa shape index (κ3) is 3.55. The average Bonchev–Trinajstić information content (AvgIpc) is 2.41. The van der Waals surface area contributed by atoms with Crippen LogP contribution in [0.2, 0.25) is 5.02 Å². The molecular formula is C13H12ClF3N4. The number of aromatic nitrogens is 2. The molecule has 0 fully saturated rings. The summed E-state index contributed by atoms with van der Waals surface area (Å²) in [5.74, 6) is 0.574. The molecule has 2 N–H and O–H groups in total. The third-order valence-corrected chi connectivity index (χ3v) is 3.22. The minimum atomic E-state index is -4.34. The van der Waals surface area contributed by atoms with E-state index in [0.717, 1.165) is 12.1 Å². The van der Waals surface area contributed by atoms with Crippen LogP contribution in [0, 0.1) is 0 Å². The summed E-state index contributed by atoms with van der Waals surface area (Å²) in [4.78, 5) is 9.45. The Kier molecular flexibility index (Phi) is 4.22. The largest absolute Gasteiger partial charge is 0.416 e. The zero-order chi connectivity index (χ0) is 15.6. The Bertz CT molecular complexity index is 628. The molecule has 0 unspecified atom stereocenters. The molecule has 0 aliphatic rings. The van der Waals surface area contributed by atoms with Gasteiger partial charge in [-0.2, -0.15) is 13.2 Å². The molecule has 1 aromatic heterocycles. The van der Waals surface area contributed by atoms with Crippen LogP contribution in [0.4, 0.5) is 24.8 Å². The molecule has 1 heterocycles. The van der Waals surface area contributed by atoms with Crippen molar-refractivity contribution in [1.29, 1.82) is 0 Å². The molecule has 0 aliphatic carbocycles. The summed E-state index contributed by atoms with van der Waals surface area (Å²) >= 11 is 6.00. The minimum absolute atomic E-state index is 0.154. The van der Waals surface area contributed by atoms with Crippen molar-refractivity contribution in [1.82, 2.24) is 9.97 Å². The molecule has 1 aromatic carbocycles. The van der Waals surface area contributed by atoms with E-state index in [2.05, 4.69) is 9.97 Å². The van der Waals surface area contributed by atoms with E-state index in [1.165, 1.54) is 18.5 Å². The third-order valence-electron chi connectivity index (χ3n) is 2.86. The van der Waals surface area contributed by atoms with E-state index < -0.39 is 11.7 Å². The topological polar surface area (TPSA) is 55.0 Å². The summed E-state index contributed by atoms with van der Waals surface area (Å²) in [5, 5.41) is 0.215. The average molecular weight is 317 g/mol. The quantitative estimate of drug-likeness (QED) is 0.943. The predicted molar refractivity (Wildman–Crippen MR) is 75.0 cm³/mol. The van der Waals surface area contributed by atoms with Crippen LogP contribution >= 0.6 is 11.6 Å². The molecule has 0 saturated heterocycles. The lowest BCUT2D eigenvalue weighted by molar-refractivity contribution is -0.137. The first-order chi connectivity index (χ1) is 9.79. The number of anilines is 2. The lowest BCUT2D eigenvalue weighted by Crippen LogP contribution is -2.19. The second-order valence-corrected chi connectivity index (χ2v) is 4.83. The molecule has 0 radical (unpaired) electrons. The Labute approximate surface area is 124 Å². The second kappa shape index (κ2) is 5.77. The molecule has 0 spiro atoms. The highest BCUT2D eigenvalue weighted by atomic mass is 35.5. The van der Waals surface area contributed by atoms with E-state index in [0.29, 0.717) is 17.9 Å². The van der Waals surface area contributed by atoms with Gasteiger partial charge in [-0.3, -0.25) is 0 Å². The molecule has 0 saturated carbocycles. The summed E-state index contributed by atoms with van der Waals surface area (Å²) < 4.78 is 37.5. The van der Waals surface area contributed by atoms with Crippen molar-refractivity contribution >= 4 is 23.2 Å². The van der Waals surface area contributed by atoms with Crippen LogP contribution in [0.15, 0.2) is 30.6 Å². The number of hydrogen-bond acceptors (Lipinski definition) is 4. The van der Waals surface area contributed by atoms with Crippen molar-refractivity contribution < 1.29 is 13.2 Å². The number of alkyl halides is 3. The van der Waals surface area contributed by atoms with Gasteiger partial charge in [0.2, 0.25) is 0 Å². The molecule has 0 aliphatic heterocycles. The summed E-state index contributed by atoms with van der Waals surface area (Å²) in [5.41, 5.74) is 5.60. The molecule has 2 aromatic rings. The summed E-state index contributed by atoms with van der Waals surface area (Å²) in [7, 11) is 1.71. The number of nitrogens with two attached hydrogens (primary N) is 1. The van der Waals surface area contributed by atoms with E-state index in [4.69, 9.17) is 17.3 Å². The zero-order valence-electron chi connectivity index (χ0n) is 11.0. The van der Waals surface area contributed by atoms with E-state index in [9.17, 15) is 13.2 Å². The van der Waals surface area contributed by atoms with Gasteiger partial charge in [0, 0.05) is 13.6 Å².